The molecule has 0 radical (unpaired) electrons. The topological polar surface area (TPSA) is 86.1 Å². The van der Waals surface area contributed by atoms with Gasteiger partial charge in [0.15, 0.2) is 11.5 Å². The second-order valence-corrected chi connectivity index (χ2v) is 8.24. The highest BCUT2D eigenvalue weighted by Crippen LogP contribution is 2.30. The second-order valence-electron chi connectivity index (χ2n) is 8.24. The summed E-state index contributed by atoms with van der Waals surface area (Å²) in [7, 11) is 1.56. The largest absolute Gasteiger partial charge is 0.493 e. The molecule has 1 aliphatic rings. The molecule has 1 amide bonds. The summed E-state index contributed by atoms with van der Waals surface area (Å²) in [5.41, 5.74) is 3.38. The number of aryl methyl sites for hydroxylation is 2. The van der Waals surface area contributed by atoms with Crippen LogP contribution in [0.3, 0.4) is 0 Å². The van der Waals surface area contributed by atoms with E-state index in [9.17, 15) is 4.79 Å². The molecule has 8 heteroatoms. The van der Waals surface area contributed by atoms with Gasteiger partial charge in [0.1, 0.15) is 12.4 Å². The van der Waals surface area contributed by atoms with E-state index in [1.165, 1.54) is 5.56 Å². The number of amides is 1. The van der Waals surface area contributed by atoms with Gasteiger partial charge in [-0.2, -0.15) is 0 Å². The van der Waals surface area contributed by atoms with Crippen LogP contribution in [0.25, 0.3) is 0 Å². The highest BCUT2D eigenvalue weighted by molar-refractivity contribution is 5.94. The maximum absolute atomic E-state index is 13.0. The fraction of sp³-hybridized carbons (Fsp3) is 0.385. The highest BCUT2D eigenvalue weighted by Gasteiger charge is 2.23. The first-order valence-corrected chi connectivity index (χ1v) is 11.4. The molecule has 180 valence electrons. The average molecular weight is 466 g/mol. The van der Waals surface area contributed by atoms with Crippen LogP contribution in [0.4, 0.5) is 0 Å². The molecule has 1 fully saturated rings. The normalized spacial score (nSPS) is 15.0. The summed E-state index contributed by atoms with van der Waals surface area (Å²) in [6.45, 7) is 7.59. The number of hydrogen-bond donors (Lipinski definition) is 1. The molecule has 1 N–H and O–H groups in total. The first kappa shape index (κ1) is 23.8. The minimum Gasteiger partial charge on any atom is -0.493 e. The number of rotatable bonds is 9. The van der Waals surface area contributed by atoms with Gasteiger partial charge in [-0.15, -0.1) is 0 Å². The minimum atomic E-state index is -0.162. The van der Waals surface area contributed by atoms with Crippen LogP contribution in [0, 0.1) is 13.8 Å². The van der Waals surface area contributed by atoms with Crippen LogP contribution in [0.1, 0.15) is 39.0 Å². The summed E-state index contributed by atoms with van der Waals surface area (Å²) < 4.78 is 22.1. The van der Waals surface area contributed by atoms with E-state index in [1.807, 2.05) is 32.0 Å². The lowest BCUT2D eigenvalue weighted by Crippen LogP contribution is -2.43. The first-order valence-electron chi connectivity index (χ1n) is 11.4. The number of aromatic nitrogens is 1. The maximum atomic E-state index is 13.0. The SMILES string of the molecule is COc1cc(C(=O)NCC(c2ccccc2)N2CCOCC2)ccc1OCc1c(C)noc1C. The van der Waals surface area contributed by atoms with Gasteiger partial charge >= 0.3 is 0 Å². The van der Waals surface area contributed by atoms with Crippen molar-refractivity contribution < 1.29 is 23.5 Å². The third-order valence-corrected chi connectivity index (χ3v) is 6.11. The summed E-state index contributed by atoms with van der Waals surface area (Å²) in [6.07, 6.45) is 0. The number of hydrogen-bond acceptors (Lipinski definition) is 7. The molecule has 0 bridgehead atoms. The smallest absolute Gasteiger partial charge is 0.251 e. The van der Waals surface area contributed by atoms with Gasteiger partial charge in [-0.1, -0.05) is 35.5 Å². The van der Waals surface area contributed by atoms with E-state index in [0.29, 0.717) is 43.4 Å². The van der Waals surface area contributed by atoms with Crippen LogP contribution < -0.4 is 14.8 Å². The van der Waals surface area contributed by atoms with E-state index in [4.69, 9.17) is 18.7 Å². The van der Waals surface area contributed by atoms with Crippen LogP contribution in [0.5, 0.6) is 11.5 Å². The molecule has 1 atom stereocenters. The molecule has 0 saturated carbocycles. The minimum absolute atomic E-state index is 0.0774. The van der Waals surface area contributed by atoms with Crippen molar-refractivity contribution in [3.8, 4) is 11.5 Å². The first-order chi connectivity index (χ1) is 16.6. The molecule has 34 heavy (non-hydrogen) atoms. The van der Waals surface area contributed by atoms with E-state index in [-0.39, 0.29) is 11.9 Å². The van der Waals surface area contributed by atoms with Gasteiger partial charge in [0.2, 0.25) is 0 Å². The molecule has 1 aromatic heterocycles. The molecule has 0 spiro atoms. The molecule has 2 heterocycles. The zero-order chi connectivity index (χ0) is 23.9. The van der Waals surface area contributed by atoms with Gasteiger partial charge in [0.25, 0.3) is 5.91 Å². The third-order valence-electron chi connectivity index (χ3n) is 6.11. The van der Waals surface area contributed by atoms with E-state index >= 15 is 0 Å². The quantitative estimate of drug-likeness (QED) is 0.516. The van der Waals surface area contributed by atoms with Crippen molar-refractivity contribution in [3.63, 3.8) is 0 Å². The summed E-state index contributed by atoms with van der Waals surface area (Å²) in [4.78, 5) is 15.4. The van der Waals surface area contributed by atoms with E-state index < -0.39 is 0 Å². The van der Waals surface area contributed by atoms with Crippen LogP contribution in [-0.4, -0.2) is 55.9 Å². The number of carbonyl (C=O) groups excluding carboxylic acids is 1. The molecular weight excluding hydrogens is 434 g/mol. The van der Waals surface area contributed by atoms with Crippen molar-refractivity contribution in [2.75, 3.05) is 40.0 Å². The van der Waals surface area contributed by atoms with Crippen LogP contribution in [0.15, 0.2) is 53.1 Å². The van der Waals surface area contributed by atoms with Crippen LogP contribution in [0.2, 0.25) is 0 Å². The Bertz CT molecular complexity index is 1070. The zero-order valence-corrected chi connectivity index (χ0v) is 19.9. The van der Waals surface area contributed by atoms with Gasteiger partial charge in [-0.25, -0.2) is 0 Å². The lowest BCUT2D eigenvalue weighted by atomic mass is 10.0. The van der Waals surface area contributed by atoms with Gasteiger partial charge in [-0.3, -0.25) is 9.69 Å². The van der Waals surface area contributed by atoms with Crippen molar-refractivity contribution in [2.24, 2.45) is 0 Å². The molecule has 0 aliphatic carbocycles. The van der Waals surface area contributed by atoms with E-state index in [1.54, 1.807) is 25.3 Å². The molecule has 1 unspecified atom stereocenters. The Hall–Kier alpha value is -3.36. The lowest BCUT2D eigenvalue weighted by Gasteiger charge is -2.35. The van der Waals surface area contributed by atoms with Crippen molar-refractivity contribution in [2.45, 2.75) is 26.5 Å². The third kappa shape index (κ3) is 5.58. The van der Waals surface area contributed by atoms with Crippen molar-refractivity contribution >= 4 is 5.91 Å². The predicted octanol–water partition coefficient (Wildman–Crippen LogP) is 3.68. The van der Waals surface area contributed by atoms with Crippen molar-refractivity contribution in [1.29, 1.82) is 0 Å². The molecule has 2 aromatic carbocycles. The summed E-state index contributed by atoms with van der Waals surface area (Å²) >= 11 is 0. The Balaban J connectivity index is 1.43. The number of nitrogens with zero attached hydrogens (tertiary/aromatic N) is 2. The standard InChI is InChI=1S/C26H31N3O5/c1-18-22(19(2)34-28-18)17-33-24-10-9-21(15-25(24)31-3)26(30)27-16-23(20-7-5-4-6-8-20)29-11-13-32-14-12-29/h4-10,15,23H,11-14,16-17H2,1-3H3,(H,27,30). The fourth-order valence-corrected chi connectivity index (χ4v) is 4.10. The Labute approximate surface area is 199 Å². The number of morpholine rings is 1. The van der Waals surface area contributed by atoms with Crippen molar-refractivity contribution in [3.05, 3.63) is 76.7 Å². The van der Waals surface area contributed by atoms with Gasteiger partial charge in [0.05, 0.1) is 37.6 Å². The zero-order valence-electron chi connectivity index (χ0n) is 19.9. The highest BCUT2D eigenvalue weighted by atomic mass is 16.5. The summed E-state index contributed by atoms with van der Waals surface area (Å²) in [5, 5.41) is 7.05. The Morgan fingerprint density at radius 3 is 2.56 bits per heavy atom. The molecule has 1 aliphatic heterocycles. The summed E-state index contributed by atoms with van der Waals surface area (Å²) in [6, 6.07) is 15.5. The van der Waals surface area contributed by atoms with Gasteiger partial charge < -0.3 is 24.1 Å². The van der Waals surface area contributed by atoms with Gasteiger partial charge in [0, 0.05) is 25.2 Å². The van der Waals surface area contributed by atoms with E-state index in [0.717, 1.165) is 30.1 Å². The second kappa shape index (κ2) is 11.2. The Morgan fingerprint density at radius 1 is 1.12 bits per heavy atom. The molecule has 8 nitrogen and oxygen atoms in total. The van der Waals surface area contributed by atoms with Gasteiger partial charge in [-0.05, 0) is 37.6 Å². The molecule has 4 rings (SSSR count). The number of ether oxygens (including phenoxy) is 3. The van der Waals surface area contributed by atoms with Crippen molar-refractivity contribution in [1.82, 2.24) is 15.4 Å². The fourth-order valence-electron chi connectivity index (χ4n) is 4.10. The Kier molecular flexibility index (Phi) is 7.82. The number of nitrogens with one attached hydrogen (secondary N) is 1. The van der Waals surface area contributed by atoms with Crippen LogP contribution in [-0.2, 0) is 11.3 Å². The molecule has 3 aromatic rings. The lowest BCUT2D eigenvalue weighted by molar-refractivity contribution is 0.0162. The maximum Gasteiger partial charge on any atom is 0.251 e. The monoisotopic (exact) mass is 465 g/mol. The number of carbonyl (C=O) groups is 1. The average Bonchev–Trinajstić information content (AvgIpc) is 3.20. The summed E-state index contributed by atoms with van der Waals surface area (Å²) in [5.74, 6) is 1.60. The number of methoxy groups -OCH3 is 1. The Morgan fingerprint density at radius 2 is 1.88 bits per heavy atom. The molecule has 1 saturated heterocycles. The predicted molar refractivity (Wildman–Crippen MR) is 127 cm³/mol. The number of benzene rings is 2. The van der Waals surface area contributed by atoms with E-state index in [2.05, 4.69) is 27.5 Å². The van der Waals surface area contributed by atoms with Crippen LogP contribution >= 0.6 is 0 Å². The molecular formula is C26H31N3O5.